The van der Waals surface area contributed by atoms with E-state index in [0.29, 0.717) is 23.1 Å². The lowest BCUT2D eigenvalue weighted by Crippen LogP contribution is -2.16. The Hall–Kier alpha value is -2.82. The van der Waals surface area contributed by atoms with Crippen LogP contribution in [-0.2, 0) is 12.8 Å². The average Bonchev–Trinajstić information content (AvgIpc) is 3.00. The van der Waals surface area contributed by atoms with Crippen molar-refractivity contribution in [3.8, 4) is 28.0 Å². The fourth-order valence-electron chi connectivity index (χ4n) is 3.57. The van der Waals surface area contributed by atoms with Crippen molar-refractivity contribution in [1.29, 1.82) is 0 Å². The van der Waals surface area contributed by atoms with Crippen molar-refractivity contribution in [2.24, 2.45) is 0 Å². The maximum absolute atomic E-state index is 15.2. The van der Waals surface area contributed by atoms with Gasteiger partial charge in [0.05, 0.1) is 0 Å². The molecular weight excluding hydrogens is 356 g/mol. The Bertz CT molecular complexity index is 1000. The zero-order chi connectivity index (χ0) is 19.2. The summed E-state index contributed by atoms with van der Waals surface area (Å²) in [5.74, 6) is -0.654. The van der Waals surface area contributed by atoms with E-state index in [-0.39, 0.29) is 11.6 Å². The lowest BCUT2D eigenvalue weighted by Gasteiger charge is -2.11. The van der Waals surface area contributed by atoms with E-state index in [1.807, 2.05) is 12.1 Å². The van der Waals surface area contributed by atoms with Gasteiger partial charge in [0.15, 0.2) is 0 Å². The number of ether oxygens (including phenoxy) is 1. The first kappa shape index (κ1) is 17.6. The van der Waals surface area contributed by atoms with E-state index < -0.39 is 6.36 Å². The van der Waals surface area contributed by atoms with Crippen LogP contribution in [0, 0.1) is 5.82 Å². The van der Waals surface area contributed by atoms with Crippen LogP contribution in [0.3, 0.4) is 0 Å². The van der Waals surface area contributed by atoms with Crippen LogP contribution in [0.1, 0.15) is 23.6 Å². The molecule has 0 fully saturated rings. The summed E-state index contributed by atoms with van der Waals surface area (Å²) in [5, 5.41) is 0. The van der Waals surface area contributed by atoms with Gasteiger partial charge in [0, 0.05) is 17.5 Å². The molecule has 0 radical (unpaired) electrons. The number of rotatable bonds is 3. The van der Waals surface area contributed by atoms with Crippen molar-refractivity contribution in [2.45, 2.75) is 26.1 Å². The average molecular weight is 372 g/mol. The van der Waals surface area contributed by atoms with Gasteiger partial charge in [-0.15, -0.1) is 13.2 Å². The fraction of sp³-hybridized carbons (Fsp3) is 0.182. The third-order valence-corrected chi connectivity index (χ3v) is 4.88. The summed E-state index contributed by atoms with van der Waals surface area (Å²) < 4.78 is 55.9. The van der Waals surface area contributed by atoms with Crippen LogP contribution in [0.25, 0.3) is 22.3 Å². The molecule has 0 aliphatic heterocycles. The highest BCUT2D eigenvalue weighted by Gasteiger charge is 2.31. The van der Waals surface area contributed by atoms with Gasteiger partial charge in [-0.05, 0) is 46.4 Å². The Morgan fingerprint density at radius 1 is 0.889 bits per heavy atom. The lowest BCUT2D eigenvalue weighted by molar-refractivity contribution is -0.274. The molecule has 0 spiro atoms. The van der Waals surface area contributed by atoms with Gasteiger partial charge in [-0.1, -0.05) is 49.4 Å². The molecule has 27 heavy (non-hydrogen) atoms. The second-order valence-electron chi connectivity index (χ2n) is 6.55. The summed E-state index contributed by atoms with van der Waals surface area (Å²) in [4.78, 5) is 0. The maximum Gasteiger partial charge on any atom is 0.573 e. The van der Waals surface area contributed by atoms with Gasteiger partial charge in [-0.2, -0.15) is 0 Å². The topological polar surface area (TPSA) is 9.23 Å². The van der Waals surface area contributed by atoms with Crippen molar-refractivity contribution >= 4 is 0 Å². The minimum Gasteiger partial charge on any atom is -0.406 e. The van der Waals surface area contributed by atoms with E-state index in [2.05, 4.69) is 23.8 Å². The minimum absolute atomic E-state index is 0.327. The number of fused-ring (bicyclic) bond motifs is 3. The molecule has 0 bridgehead atoms. The molecule has 0 atom stereocenters. The third kappa shape index (κ3) is 3.29. The normalized spacial score (nSPS) is 12.6. The van der Waals surface area contributed by atoms with Gasteiger partial charge in [-0.3, -0.25) is 0 Å². The van der Waals surface area contributed by atoms with E-state index in [1.165, 1.54) is 29.8 Å². The van der Waals surface area contributed by atoms with Gasteiger partial charge < -0.3 is 4.74 Å². The van der Waals surface area contributed by atoms with Crippen LogP contribution < -0.4 is 4.74 Å². The van der Waals surface area contributed by atoms with Crippen molar-refractivity contribution in [1.82, 2.24) is 0 Å². The zero-order valence-electron chi connectivity index (χ0n) is 14.5. The number of hydrogen-bond acceptors (Lipinski definition) is 1. The van der Waals surface area contributed by atoms with E-state index >= 15 is 4.39 Å². The number of halogens is 4. The van der Waals surface area contributed by atoms with Gasteiger partial charge in [-0.25, -0.2) is 4.39 Å². The predicted octanol–water partition coefficient (Wildman–Crippen LogP) is 6.52. The summed E-state index contributed by atoms with van der Waals surface area (Å²) in [6.45, 7) is 2.08. The van der Waals surface area contributed by atoms with E-state index in [4.69, 9.17) is 0 Å². The molecule has 1 aliphatic rings. The van der Waals surface area contributed by atoms with Crippen LogP contribution in [0.4, 0.5) is 17.6 Å². The highest BCUT2D eigenvalue weighted by molar-refractivity contribution is 5.81. The standard InChI is InChI=1S/C22H16F4O/c1-2-13-3-8-17-15(11-13)12-20-19(17)10-9-18(21(20)23)14-4-6-16(7-5-14)27-22(24,25)26/h3-11H,2,12H2,1H3. The van der Waals surface area contributed by atoms with Crippen molar-refractivity contribution in [3.05, 3.63) is 77.1 Å². The summed E-state index contributed by atoms with van der Waals surface area (Å²) in [6.07, 6.45) is -3.30. The minimum atomic E-state index is -4.75. The second kappa shape index (κ2) is 6.41. The molecule has 0 N–H and O–H groups in total. The van der Waals surface area contributed by atoms with E-state index in [1.54, 1.807) is 6.07 Å². The first-order valence-corrected chi connectivity index (χ1v) is 8.65. The Labute approximate surface area is 154 Å². The number of alkyl halides is 3. The second-order valence-corrected chi connectivity index (χ2v) is 6.55. The molecule has 5 heteroatoms. The molecule has 3 aromatic rings. The van der Waals surface area contributed by atoms with Gasteiger partial charge in [0.1, 0.15) is 11.6 Å². The van der Waals surface area contributed by atoms with Crippen LogP contribution in [0.2, 0.25) is 0 Å². The smallest absolute Gasteiger partial charge is 0.406 e. The Morgan fingerprint density at radius 3 is 2.22 bits per heavy atom. The molecule has 4 rings (SSSR count). The summed E-state index contributed by atoms with van der Waals surface area (Å²) in [5.41, 5.74) is 5.75. The molecule has 3 aromatic carbocycles. The maximum atomic E-state index is 15.2. The summed E-state index contributed by atoms with van der Waals surface area (Å²) >= 11 is 0. The third-order valence-electron chi connectivity index (χ3n) is 4.88. The molecule has 0 saturated heterocycles. The zero-order valence-corrected chi connectivity index (χ0v) is 14.5. The SMILES string of the molecule is CCc1ccc2c(c1)Cc1c-2ccc(-c2ccc(OC(F)(F)F)cc2)c1F. The van der Waals surface area contributed by atoms with E-state index in [0.717, 1.165) is 23.1 Å². The summed E-state index contributed by atoms with van der Waals surface area (Å²) in [6, 6.07) is 15.0. The molecular formula is C22H16F4O. The molecule has 0 amide bonds. The Morgan fingerprint density at radius 2 is 1.56 bits per heavy atom. The van der Waals surface area contributed by atoms with Crippen molar-refractivity contribution < 1.29 is 22.3 Å². The predicted molar refractivity (Wildman–Crippen MR) is 96.1 cm³/mol. The van der Waals surface area contributed by atoms with Crippen LogP contribution in [0.5, 0.6) is 5.75 Å². The first-order valence-electron chi connectivity index (χ1n) is 8.65. The van der Waals surface area contributed by atoms with Crippen molar-refractivity contribution in [3.63, 3.8) is 0 Å². The van der Waals surface area contributed by atoms with Crippen LogP contribution >= 0.6 is 0 Å². The molecule has 0 unspecified atom stereocenters. The number of benzene rings is 3. The molecule has 1 nitrogen and oxygen atoms in total. The highest BCUT2D eigenvalue weighted by Crippen LogP contribution is 2.41. The summed E-state index contributed by atoms with van der Waals surface area (Å²) in [7, 11) is 0. The Balaban J connectivity index is 1.68. The quantitative estimate of drug-likeness (QED) is 0.372. The molecule has 1 aliphatic carbocycles. The van der Waals surface area contributed by atoms with Gasteiger partial charge >= 0.3 is 6.36 Å². The fourth-order valence-corrected chi connectivity index (χ4v) is 3.57. The number of aryl methyl sites for hydroxylation is 1. The van der Waals surface area contributed by atoms with E-state index in [9.17, 15) is 13.2 Å². The van der Waals surface area contributed by atoms with Crippen LogP contribution in [0.15, 0.2) is 54.6 Å². The van der Waals surface area contributed by atoms with Gasteiger partial charge in [0.25, 0.3) is 0 Å². The first-order chi connectivity index (χ1) is 12.9. The Kier molecular flexibility index (Phi) is 4.17. The molecule has 0 heterocycles. The lowest BCUT2D eigenvalue weighted by atomic mass is 9.98. The van der Waals surface area contributed by atoms with Crippen LogP contribution in [-0.4, -0.2) is 6.36 Å². The number of hydrogen-bond donors (Lipinski definition) is 0. The van der Waals surface area contributed by atoms with Gasteiger partial charge in [0.2, 0.25) is 0 Å². The molecule has 0 aromatic heterocycles. The monoisotopic (exact) mass is 372 g/mol. The van der Waals surface area contributed by atoms with Crippen molar-refractivity contribution in [2.75, 3.05) is 0 Å². The molecule has 0 saturated carbocycles. The molecule has 138 valence electrons. The largest absolute Gasteiger partial charge is 0.573 e. The highest BCUT2D eigenvalue weighted by atomic mass is 19.4.